The first-order valence-electron chi connectivity index (χ1n) is 5.89. The van der Waals surface area contributed by atoms with Gasteiger partial charge in [0.1, 0.15) is 5.76 Å². The van der Waals surface area contributed by atoms with Gasteiger partial charge in [-0.3, -0.25) is 0 Å². The van der Waals surface area contributed by atoms with Crippen LogP contribution in [0.5, 0.6) is 0 Å². The maximum atomic E-state index is 5.98. The number of hydrogen-bond acceptors (Lipinski definition) is 4. The van der Waals surface area contributed by atoms with Crippen LogP contribution in [0.1, 0.15) is 17.0 Å². The first kappa shape index (κ1) is 12.0. The Bertz CT molecular complexity index is 740. The first-order chi connectivity index (χ1) is 9.06. The lowest BCUT2D eigenvalue weighted by molar-refractivity contribution is 0.392. The molecule has 2 N–H and O–H groups in total. The molecule has 0 aliphatic heterocycles. The van der Waals surface area contributed by atoms with Gasteiger partial charge in [0.2, 0.25) is 5.95 Å². The van der Waals surface area contributed by atoms with Gasteiger partial charge in [-0.2, -0.15) is 0 Å². The van der Waals surface area contributed by atoms with E-state index in [1.165, 1.54) is 0 Å². The lowest BCUT2D eigenvalue weighted by Crippen LogP contribution is -2.05. The lowest BCUT2D eigenvalue weighted by Gasteiger charge is -2.06. The molecule has 0 fully saturated rings. The summed E-state index contributed by atoms with van der Waals surface area (Å²) in [6.45, 7) is 4.39. The molecule has 5 nitrogen and oxygen atoms in total. The minimum Gasteiger partial charge on any atom is -0.369 e. The van der Waals surface area contributed by atoms with Crippen LogP contribution in [0.3, 0.4) is 0 Å². The van der Waals surface area contributed by atoms with Gasteiger partial charge in [-0.25, -0.2) is 4.98 Å². The molecule has 3 aromatic rings. The zero-order chi connectivity index (χ0) is 13.6. The maximum Gasteiger partial charge on any atom is 0.201 e. The summed E-state index contributed by atoms with van der Waals surface area (Å²) in [4.78, 5) is 4.32. The molecule has 3 rings (SSSR count). The van der Waals surface area contributed by atoms with Gasteiger partial charge < -0.3 is 14.8 Å². The van der Waals surface area contributed by atoms with Crippen LogP contribution in [-0.2, 0) is 6.54 Å². The van der Waals surface area contributed by atoms with Crippen molar-refractivity contribution in [2.75, 3.05) is 5.73 Å². The highest BCUT2D eigenvalue weighted by atomic mass is 35.5. The molecule has 0 radical (unpaired) electrons. The van der Waals surface area contributed by atoms with E-state index in [2.05, 4.69) is 10.1 Å². The number of nitrogens with two attached hydrogens (primary N) is 1. The number of aryl methyl sites for hydroxylation is 2. The lowest BCUT2D eigenvalue weighted by atomic mass is 10.2. The summed E-state index contributed by atoms with van der Waals surface area (Å²) >= 11 is 5.96. The van der Waals surface area contributed by atoms with E-state index in [0.29, 0.717) is 17.5 Å². The van der Waals surface area contributed by atoms with E-state index in [1.54, 1.807) is 6.07 Å². The molecule has 0 aliphatic rings. The van der Waals surface area contributed by atoms with Crippen molar-refractivity contribution in [1.82, 2.24) is 14.7 Å². The molecular formula is C13H13ClN4O. The van der Waals surface area contributed by atoms with Crippen molar-refractivity contribution in [2.45, 2.75) is 20.4 Å². The molecule has 2 heterocycles. The first-order valence-corrected chi connectivity index (χ1v) is 6.27. The molecule has 98 valence electrons. The van der Waals surface area contributed by atoms with Gasteiger partial charge >= 0.3 is 0 Å². The van der Waals surface area contributed by atoms with E-state index < -0.39 is 0 Å². The summed E-state index contributed by atoms with van der Waals surface area (Å²) in [5.41, 5.74) is 9.61. The molecule has 6 heteroatoms. The summed E-state index contributed by atoms with van der Waals surface area (Å²) in [5.74, 6) is 1.25. The van der Waals surface area contributed by atoms with Gasteiger partial charge in [-0.05, 0) is 32.0 Å². The standard InChI is InChI=1S/C13H13ClN4O/c1-7-10(8(2)19-17-7)6-18-12-4-3-9(14)5-11(12)16-13(18)15/h3-5H,6H2,1-2H3,(H2,15,16). The summed E-state index contributed by atoms with van der Waals surface area (Å²) in [5, 5.41) is 4.60. The predicted molar refractivity (Wildman–Crippen MR) is 74.2 cm³/mol. The van der Waals surface area contributed by atoms with Gasteiger partial charge in [0.15, 0.2) is 0 Å². The summed E-state index contributed by atoms with van der Waals surface area (Å²) in [6.07, 6.45) is 0. The molecule has 2 aromatic heterocycles. The van der Waals surface area contributed by atoms with E-state index in [0.717, 1.165) is 28.1 Å². The Balaban J connectivity index is 2.13. The van der Waals surface area contributed by atoms with Crippen molar-refractivity contribution in [3.05, 3.63) is 40.2 Å². The van der Waals surface area contributed by atoms with Crippen molar-refractivity contribution in [1.29, 1.82) is 0 Å². The molecule has 0 unspecified atom stereocenters. The smallest absolute Gasteiger partial charge is 0.201 e. The number of anilines is 1. The highest BCUT2D eigenvalue weighted by Crippen LogP contribution is 2.24. The number of benzene rings is 1. The minimum atomic E-state index is 0.456. The van der Waals surface area contributed by atoms with Crippen molar-refractivity contribution < 1.29 is 4.52 Å². The van der Waals surface area contributed by atoms with Crippen molar-refractivity contribution in [2.24, 2.45) is 0 Å². The Morgan fingerprint density at radius 3 is 2.84 bits per heavy atom. The van der Waals surface area contributed by atoms with E-state index in [1.807, 2.05) is 30.5 Å². The number of imidazole rings is 1. The number of fused-ring (bicyclic) bond motifs is 1. The normalized spacial score (nSPS) is 11.3. The third-order valence-corrected chi connectivity index (χ3v) is 3.47. The van der Waals surface area contributed by atoms with Gasteiger partial charge in [-0.15, -0.1) is 0 Å². The molecular weight excluding hydrogens is 264 g/mol. The van der Waals surface area contributed by atoms with Crippen molar-refractivity contribution in [3.63, 3.8) is 0 Å². The zero-order valence-corrected chi connectivity index (χ0v) is 11.4. The molecule has 0 atom stereocenters. The number of nitrogens with zero attached hydrogens (tertiary/aromatic N) is 3. The fourth-order valence-corrected chi connectivity index (χ4v) is 2.34. The summed E-state index contributed by atoms with van der Waals surface area (Å²) < 4.78 is 7.10. The SMILES string of the molecule is Cc1noc(C)c1Cn1c(N)nc2cc(Cl)ccc21. The number of halogens is 1. The molecule has 0 spiro atoms. The third kappa shape index (κ3) is 1.96. The number of rotatable bonds is 2. The average Bonchev–Trinajstić information content (AvgIpc) is 2.83. The van der Waals surface area contributed by atoms with Gasteiger partial charge in [0, 0.05) is 10.6 Å². The maximum absolute atomic E-state index is 5.98. The van der Waals surface area contributed by atoms with Crippen LogP contribution in [0.15, 0.2) is 22.7 Å². The van der Waals surface area contributed by atoms with E-state index in [9.17, 15) is 0 Å². The Morgan fingerprint density at radius 2 is 2.16 bits per heavy atom. The fraction of sp³-hybridized carbons (Fsp3) is 0.231. The van der Waals surface area contributed by atoms with Crippen LogP contribution in [-0.4, -0.2) is 14.7 Å². The van der Waals surface area contributed by atoms with Crippen LogP contribution < -0.4 is 5.73 Å². The van der Waals surface area contributed by atoms with Crippen LogP contribution in [0.25, 0.3) is 11.0 Å². The molecule has 0 saturated carbocycles. The van der Waals surface area contributed by atoms with Gasteiger partial charge in [0.25, 0.3) is 0 Å². The molecule has 19 heavy (non-hydrogen) atoms. The van der Waals surface area contributed by atoms with Crippen LogP contribution >= 0.6 is 11.6 Å². The average molecular weight is 277 g/mol. The van der Waals surface area contributed by atoms with E-state index >= 15 is 0 Å². The quantitative estimate of drug-likeness (QED) is 0.781. The number of hydrogen-bond donors (Lipinski definition) is 1. The summed E-state index contributed by atoms with van der Waals surface area (Å²) in [7, 11) is 0. The fourth-order valence-electron chi connectivity index (χ4n) is 2.17. The molecule has 0 amide bonds. The molecule has 0 saturated heterocycles. The topological polar surface area (TPSA) is 69.9 Å². The number of nitrogen functional groups attached to an aromatic ring is 1. The minimum absolute atomic E-state index is 0.456. The Morgan fingerprint density at radius 1 is 1.37 bits per heavy atom. The number of aromatic nitrogens is 3. The molecule has 0 bridgehead atoms. The predicted octanol–water partition coefficient (Wildman–Crippen LogP) is 2.93. The second-order valence-electron chi connectivity index (χ2n) is 4.49. The Kier molecular flexibility index (Phi) is 2.71. The van der Waals surface area contributed by atoms with Crippen LogP contribution in [0.2, 0.25) is 5.02 Å². The monoisotopic (exact) mass is 276 g/mol. The van der Waals surface area contributed by atoms with Gasteiger partial charge in [-0.1, -0.05) is 16.8 Å². The molecule has 0 aliphatic carbocycles. The zero-order valence-electron chi connectivity index (χ0n) is 10.6. The van der Waals surface area contributed by atoms with Crippen molar-refractivity contribution >= 4 is 28.6 Å². The van der Waals surface area contributed by atoms with Crippen molar-refractivity contribution in [3.8, 4) is 0 Å². The third-order valence-electron chi connectivity index (χ3n) is 3.24. The van der Waals surface area contributed by atoms with E-state index in [4.69, 9.17) is 21.9 Å². The second-order valence-corrected chi connectivity index (χ2v) is 4.93. The van der Waals surface area contributed by atoms with Crippen LogP contribution in [0.4, 0.5) is 5.95 Å². The van der Waals surface area contributed by atoms with Crippen LogP contribution in [0, 0.1) is 13.8 Å². The van der Waals surface area contributed by atoms with Gasteiger partial charge in [0.05, 0.1) is 23.3 Å². The Hall–Kier alpha value is -2.01. The second kappa shape index (κ2) is 4.28. The largest absolute Gasteiger partial charge is 0.369 e. The Labute approximate surface area is 115 Å². The highest BCUT2D eigenvalue weighted by Gasteiger charge is 2.14. The molecule has 1 aromatic carbocycles. The highest BCUT2D eigenvalue weighted by molar-refractivity contribution is 6.31. The van der Waals surface area contributed by atoms with E-state index in [-0.39, 0.29) is 0 Å². The summed E-state index contributed by atoms with van der Waals surface area (Å²) in [6, 6.07) is 5.55.